The number of nitrogens with one attached hydrogen (secondary N) is 1. The summed E-state index contributed by atoms with van der Waals surface area (Å²) < 4.78 is 0. The number of fused-ring (bicyclic) bond motifs is 1. The van der Waals surface area contributed by atoms with Crippen molar-refractivity contribution in [2.75, 3.05) is 13.1 Å². The highest BCUT2D eigenvalue weighted by Crippen LogP contribution is 2.25. The molecule has 3 N–H and O–H groups in total. The summed E-state index contributed by atoms with van der Waals surface area (Å²) in [5.41, 5.74) is 8.59. The van der Waals surface area contributed by atoms with Crippen LogP contribution in [0.5, 0.6) is 0 Å². The second kappa shape index (κ2) is 9.62. The number of nitrogens with zero attached hydrogens (tertiary/aromatic N) is 1. The Kier molecular flexibility index (Phi) is 8.51. The highest BCUT2D eigenvalue weighted by Gasteiger charge is 2.31. The zero-order valence-electron chi connectivity index (χ0n) is 14.2. The predicted octanol–water partition coefficient (Wildman–Crippen LogP) is 2.52. The molecule has 1 aliphatic heterocycles. The number of hydrogen-bond acceptors (Lipinski definition) is 3. The van der Waals surface area contributed by atoms with Crippen LogP contribution in [-0.4, -0.2) is 36.0 Å². The monoisotopic (exact) mass is 373 g/mol. The molecule has 0 radical (unpaired) electrons. The smallest absolute Gasteiger partial charge is 0.237 e. The first kappa shape index (κ1) is 21.2. The topological polar surface area (TPSA) is 58.4 Å². The van der Waals surface area contributed by atoms with Gasteiger partial charge in [-0.2, -0.15) is 0 Å². The van der Waals surface area contributed by atoms with Crippen LogP contribution in [0.1, 0.15) is 37.3 Å². The summed E-state index contributed by atoms with van der Waals surface area (Å²) in [6.45, 7) is 4.53. The minimum atomic E-state index is -0.0765. The van der Waals surface area contributed by atoms with Gasteiger partial charge in [-0.1, -0.05) is 30.7 Å². The first-order valence-corrected chi connectivity index (χ1v) is 8.50. The Labute approximate surface area is 157 Å². The third kappa shape index (κ3) is 4.63. The molecule has 1 amide bonds. The molecule has 136 valence electrons. The summed E-state index contributed by atoms with van der Waals surface area (Å²) in [5.74, 6) is 0.614. The molecular weight excluding hydrogens is 345 g/mol. The fourth-order valence-corrected chi connectivity index (χ4v) is 3.83. The molecular formula is C18H29Cl2N3O. The van der Waals surface area contributed by atoms with Crippen LogP contribution in [0.2, 0.25) is 0 Å². The highest BCUT2D eigenvalue weighted by molar-refractivity contribution is 5.85. The highest BCUT2D eigenvalue weighted by atomic mass is 35.5. The molecule has 6 heteroatoms. The molecule has 0 saturated heterocycles. The van der Waals surface area contributed by atoms with Gasteiger partial charge in [0.05, 0.1) is 6.04 Å². The van der Waals surface area contributed by atoms with E-state index < -0.39 is 0 Å². The molecule has 0 aromatic heterocycles. The molecule has 1 saturated carbocycles. The molecule has 1 fully saturated rings. The van der Waals surface area contributed by atoms with Crippen molar-refractivity contribution in [2.45, 2.75) is 51.2 Å². The van der Waals surface area contributed by atoms with Gasteiger partial charge in [0.15, 0.2) is 0 Å². The van der Waals surface area contributed by atoms with Crippen LogP contribution < -0.4 is 11.1 Å². The van der Waals surface area contributed by atoms with Crippen LogP contribution in [0.15, 0.2) is 24.3 Å². The summed E-state index contributed by atoms with van der Waals surface area (Å²) in [5, 5.41) is 3.24. The molecule has 0 bridgehead atoms. The number of nitrogens with two attached hydrogens (primary N) is 1. The van der Waals surface area contributed by atoms with Gasteiger partial charge in [0.25, 0.3) is 0 Å². The largest absolute Gasteiger partial charge is 0.352 e. The summed E-state index contributed by atoms with van der Waals surface area (Å²) >= 11 is 0. The summed E-state index contributed by atoms with van der Waals surface area (Å²) in [6, 6.07) is 8.74. The molecule has 1 aliphatic carbocycles. The van der Waals surface area contributed by atoms with Crippen molar-refractivity contribution in [1.29, 1.82) is 0 Å². The van der Waals surface area contributed by atoms with E-state index >= 15 is 0 Å². The number of hydrogen-bond donors (Lipinski definition) is 2. The van der Waals surface area contributed by atoms with Crippen LogP contribution in [0.3, 0.4) is 0 Å². The van der Waals surface area contributed by atoms with Gasteiger partial charge in [0.2, 0.25) is 5.91 Å². The molecule has 1 aromatic carbocycles. The van der Waals surface area contributed by atoms with E-state index in [2.05, 4.69) is 34.5 Å². The van der Waals surface area contributed by atoms with Gasteiger partial charge >= 0.3 is 0 Å². The quantitative estimate of drug-likeness (QED) is 0.852. The number of benzene rings is 1. The normalized spacial score (nSPS) is 24.2. The van der Waals surface area contributed by atoms with Crippen LogP contribution in [0, 0.1) is 5.92 Å². The average Bonchev–Trinajstić information content (AvgIpc) is 3.00. The fourth-order valence-electron chi connectivity index (χ4n) is 3.83. The molecule has 4 nitrogen and oxygen atoms in total. The second-order valence-electron chi connectivity index (χ2n) is 6.71. The number of carbonyl (C=O) groups is 1. The summed E-state index contributed by atoms with van der Waals surface area (Å²) in [4.78, 5) is 14.9. The van der Waals surface area contributed by atoms with Gasteiger partial charge in [-0.3, -0.25) is 9.69 Å². The zero-order valence-corrected chi connectivity index (χ0v) is 15.9. The Morgan fingerprint density at radius 3 is 2.71 bits per heavy atom. The van der Waals surface area contributed by atoms with E-state index in [4.69, 9.17) is 5.73 Å². The SMILES string of the molecule is CC(C(=O)NC1CCCC1CN)N1CCc2ccccc2C1.Cl.Cl. The Morgan fingerprint density at radius 1 is 1.29 bits per heavy atom. The van der Waals surface area contributed by atoms with Gasteiger partial charge < -0.3 is 11.1 Å². The van der Waals surface area contributed by atoms with E-state index in [1.165, 1.54) is 17.5 Å². The number of carbonyl (C=O) groups excluding carboxylic acids is 1. The number of amides is 1. The maximum Gasteiger partial charge on any atom is 0.237 e. The van der Waals surface area contributed by atoms with E-state index in [1.807, 2.05) is 6.92 Å². The molecule has 3 rings (SSSR count). The van der Waals surface area contributed by atoms with E-state index in [0.717, 1.165) is 32.4 Å². The molecule has 1 aromatic rings. The van der Waals surface area contributed by atoms with Gasteiger partial charge in [0, 0.05) is 19.1 Å². The Morgan fingerprint density at radius 2 is 2.00 bits per heavy atom. The predicted molar refractivity (Wildman–Crippen MR) is 103 cm³/mol. The second-order valence-corrected chi connectivity index (χ2v) is 6.71. The van der Waals surface area contributed by atoms with Crippen molar-refractivity contribution >= 4 is 30.7 Å². The molecule has 3 atom stereocenters. The first-order valence-electron chi connectivity index (χ1n) is 8.50. The lowest BCUT2D eigenvalue weighted by atomic mass is 9.98. The van der Waals surface area contributed by atoms with Crippen molar-refractivity contribution in [3.63, 3.8) is 0 Å². The average molecular weight is 374 g/mol. The lowest BCUT2D eigenvalue weighted by Gasteiger charge is -2.34. The Balaban J connectivity index is 0.00000144. The fraction of sp³-hybridized carbons (Fsp3) is 0.611. The summed E-state index contributed by atoms with van der Waals surface area (Å²) in [7, 11) is 0. The van der Waals surface area contributed by atoms with Crippen LogP contribution in [0.4, 0.5) is 0 Å². The lowest BCUT2D eigenvalue weighted by molar-refractivity contribution is -0.127. The summed E-state index contributed by atoms with van der Waals surface area (Å²) in [6.07, 6.45) is 4.43. The molecule has 1 heterocycles. The minimum Gasteiger partial charge on any atom is -0.352 e. The van der Waals surface area contributed by atoms with Crippen molar-refractivity contribution < 1.29 is 4.79 Å². The van der Waals surface area contributed by atoms with Crippen LogP contribution in [-0.2, 0) is 17.8 Å². The third-order valence-electron chi connectivity index (χ3n) is 5.38. The van der Waals surface area contributed by atoms with E-state index in [9.17, 15) is 4.79 Å². The van der Waals surface area contributed by atoms with Gasteiger partial charge in [-0.25, -0.2) is 0 Å². The molecule has 3 unspecified atom stereocenters. The lowest BCUT2D eigenvalue weighted by Crippen LogP contribution is -2.50. The van der Waals surface area contributed by atoms with Gasteiger partial charge in [-0.15, -0.1) is 24.8 Å². The standard InChI is InChI=1S/C18H27N3O.2ClH/c1-13(18(22)20-17-8-4-7-15(17)11-19)21-10-9-14-5-2-3-6-16(14)12-21;;/h2-3,5-6,13,15,17H,4,7-12,19H2,1H3,(H,20,22);2*1H. The van der Waals surface area contributed by atoms with Crippen LogP contribution >= 0.6 is 24.8 Å². The molecule has 24 heavy (non-hydrogen) atoms. The minimum absolute atomic E-state index is 0. The maximum absolute atomic E-state index is 12.6. The van der Waals surface area contributed by atoms with E-state index in [1.54, 1.807) is 0 Å². The van der Waals surface area contributed by atoms with Crippen LogP contribution in [0.25, 0.3) is 0 Å². The van der Waals surface area contributed by atoms with Crippen molar-refractivity contribution in [2.24, 2.45) is 11.7 Å². The van der Waals surface area contributed by atoms with Gasteiger partial charge in [-0.05, 0) is 49.8 Å². The van der Waals surface area contributed by atoms with Crippen molar-refractivity contribution in [3.05, 3.63) is 35.4 Å². The number of rotatable bonds is 4. The maximum atomic E-state index is 12.6. The van der Waals surface area contributed by atoms with Crippen molar-refractivity contribution in [3.8, 4) is 0 Å². The molecule has 2 aliphatic rings. The Bertz CT molecular complexity index is 541. The van der Waals surface area contributed by atoms with E-state index in [-0.39, 0.29) is 42.8 Å². The Hall–Kier alpha value is -0.810. The van der Waals surface area contributed by atoms with Gasteiger partial charge in [0.1, 0.15) is 0 Å². The van der Waals surface area contributed by atoms with Crippen molar-refractivity contribution in [1.82, 2.24) is 10.2 Å². The zero-order chi connectivity index (χ0) is 15.5. The van der Waals surface area contributed by atoms with E-state index in [0.29, 0.717) is 12.5 Å². The number of halogens is 2. The third-order valence-corrected chi connectivity index (χ3v) is 5.38. The first-order chi connectivity index (χ1) is 10.7. The molecule has 0 spiro atoms.